The van der Waals surface area contributed by atoms with Crippen LogP contribution in [-0.4, -0.2) is 21.4 Å². The van der Waals surface area contributed by atoms with Crippen LogP contribution in [0, 0.1) is 0 Å². The summed E-state index contributed by atoms with van der Waals surface area (Å²) in [6.07, 6.45) is -0.482. The first kappa shape index (κ1) is 14.1. The van der Waals surface area contributed by atoms with Crippen molar-refractivity contribution in [2.75, 3.05) is 0 Å². The van der Waals surface area contributed by atoms with Gasteiger partial charge in [-0.2, -0.15) is 0 Å². The van der Waals surface area contributed by atoms with E-state index in [1.165, 1.54) is 4.57 Å². The fraction of sp³-hybridized carbons (Fsp3) is 0.357. The number of carbonyl (C=O) groups excluding carboxylic acids is 1. The van der Waals surface area contributed by atoms with Crippen LogP contribution >= 0.6 is 15.9 Å². The fourth-order valence-electron chi connectivity index (χ4n) is 1.89. The highest BCUT2D eigenvalue weighted by Crippen LogP contribution is 2.28. The lowest BCUT2D eigenvalue weighted by Gasteiger charge is -2.20. The predicted octanol–water partition coefficient (Wildman–Crippen LogP) is 3.68. The van der Waals surface area contributed by atoms with E-state index in [-0.39, 0.29) is 6.61 Å². The van der Waals surface area contributed by atoms with Crippen molar-refractivity contribution in [1.82, 2.24) is 4.57 Å². The van der Waals surface area contributed by atoms with Crippen molar-refractivity contribution in [3.8, 4) is 0 Å². The van der Waals surface area contributed by atoms with Crippen LogP contribution in [0.25, 0.3) is 10.9 Å². The molecule has 0 spiro atoms. The number of hydrogen-bond acceptors (Lipinski definition) is 3. The Bertz CT molecular complexity index is 625. The third-order valence-corrected chi connectivity index (χ3v) is 3.30. The SMILES string of the molecule is CC(C)(C)OC(=O)n1c(CO)cc2c(Br)cccc21. The first-order valence-electron chi connectivity index (χ1n) is 5.96. The maximum Gasteiger partial charge on any atom is 0.419 e. The van der Waals surface area contributed by atoms with Crippen LogP contribution in [0.1, 0.15) is 26.5 Å². The summed E-state index contributed by atoms with van der Waals surface area (Å²) >= 11 is 3.44. The van der Waals surface area contributed by atoms with Gasteiger partial charge in [0.15, 0.2) is 0 Å². The summed E-state index contributed by atoms with van der Waals surface area (Å²) in [5, 5.41) is 10.3. The van der Waals surface area contributed by atoms with Crippen molar-refractivity contribution in [1.29, 1.82) is 0 Å². The molecule has 0 atom stereocenters. The lowest BCUT2D eigenvalue weighted by Crippen LogP contribution is -2.28. The summed E-state index contributed by atoms with van der Waals surface area (Å²) < 4.78 is 7.66. The van der Waals surface area contributed by atoms with Crippen LogP contribution in [0.2, 0.25) is 0 Å². The van der Waals surface area contributed by atoms with Crippen molar-refractivity contribution in [2.24, 2.45) is 0 Å². The van der Waals surface area contributed by atoms with Gasteiger partial charge in [0.25, 0.3) is 0 Å². The van der Waals surface area contributed by atoms with E-state index < -0.39 is 11.7 Å². The molecule has 19 heavy (non-hydrogen) atoms. The van der Waals surface area contributed by atoms with Crippen LogP contribution in [0.4, 0.5) is 4.79 Å². The summed E-state index contributed by atoms with van der Waals surface area (Å²) in [6.45, 7) is 5.21. The van der Waals surface area contributed by atoms with Gasteiger partial charge in [0.1, 0.15) is 5.60 Å². The Balaban J connectivity index is 2.58. The van der Waals surface area contributed by atoms with Gasteiger partial charge in [-0.15, -0.1) is 0 Å². The molecule has 0 bridgehead atoms. The van der Waals surface area contributed by atoms with Gasteiger partial charge in [-0.05, 0) is 39.0 Å². The second kappa shape index (κ2) is 4.98. The smallest absolute Gasteiger partial charge is 0.419 e. The summed E-state index contributed by atoms with van der Waals surface area (Å²) in [7, 11) is 0. The Morgan fingerprint density at radius 3 is 2.68 bits per heavy atom. The molecule has 2 rings (SSSR count). The molecule has 1 heterocycles. The monoisotopic (exact) mass is 325 g/mol. The van der Waals surface area contributed by atoms with E-state index in [0.29, 0.717) is 11.2 Å². The molecule has 0 fully saturated rings. The lowest BCUT2D eigenvalue weighted by molar-refractivity contribution is 0.0533. The van der Waals surface area contributed by atoms with Gasteiger partial charge in [0.05, 0.1) is 17.8 Å². The number of aliphatic hydroxyl groups is 1. The molecule has 0 saturated carbocycles. The third-order valence-electron chi connectivity index (χ3n) is 2.61. The summed E-state index contributed by atoms with van der Waals surface area (Å²) in [5.41, 5.74) is 0.649. The van der Waals surface area contributed by atoms with E-state index in [2.05, 4.69) is 15.9 Å². The molecule has 0 aliphatic heterocycles. The number of carbonyl (C=O) groups is 1. The topological polar surface area (TPSA) is 51.5 Å². The Morgan fingerprint density at radius 2 is 2.11 bits per heavy atom. The Hall–Kier alpha value is -1.33. The summed E-state index contributed by atoms with van der Waals surface area (Å²) in [5.74, 6) is 0. The normalized spacial score (nSPS) is 11.8. The highest BCUT2D eigenvalue weighted by molar-refractivity contribution is 9.10. The molecule has 1 aromatic carbocycles. The second-order valence-electron chi connectivity index (χ2n) is 5.28. The number of ether oxygens (including phenoxy) is 1. The van der Waals surface area contributed by atoms with Gasteiger partial charge in [0, 0.05) is 9.86 Å². The number of hydrogen-bond donors (Lipinski definition) is 1. The average molecular weight is 326 g/mol. The van der Waals surface area contributed by atoms with E-state index in [9.17, 15) is 9.90 Å². The van der Waals surface area contributed by atoms with E-state index in [4.69, 9.17) is 4.74 Å². The summed E-state index contributed by atoms with van der Waals surface area (Å²) in [4.78, 5) is 12.2. The molecular weight excluding hydrogens is 310 g/mol. The highest BCUT2D eigenvalue weighted by atomic mass is 79.9. The molecule has 4 nitrogen and oxygen atoms in total. The van der Waals surface area contributed by atoms with E-state index in [0.717, 1.165) is 9.86 Å². The van der Waals surface area contributed by atoms with Gasteiger partial charge in [0.2, 0.25) is 0 Å². The number of nitrogens with zero attached hydrogens (tertiary/aromatic N) is 1. The van der Waals surface area contributed by atoms with Gasteiger partial charge < -0.3 is 9.84 Å². The highest BCUT2D eigenvalue weighted by Gasteiger charge is 2.22. The number of fused-ring (bicyclic) bond motifs is 1. The van der Waals surface area contributed by atoms with Gasteiger partial charge >= 0.3 is 6.09 Å². The van der Waals surface area contributed by atoms with Gasteiger partial charge in [-0.3, -0.25) is 0 Å². The zero-order valence-electron chi connectivity index (χ0n) is 11.1. The molecule has 102 valence electrons. The molecule has 0 amide bonds. The molecular formula is C14H16BrNO3. The van der Waals surface area contributed by atoms with Crippen LogP contribution in [0.5, 0.6) is 0 Å². The Kier molecular flexibility index (Phi) is 3.69. The second-order valence-corrected chi connectivity index (χ2v) is 6.14. The molecule has 5 heteroatoms. The minimum atomic E-state index is -0.577. The first-order chi connectivity index (χ1) is 8.83. The number of rotatable bonds is 1. The number of benzene rings is 1. The zero-order valence-corrected chi connectivity index (χ0v) is 12.7. The first-order valence-corrected chi connectivity index (χ1v) is 6.76. The average Bonchev–Trinajstić information content (AvgIpc) is 2.66. The maximum atomic E-state index is 12.2. The van der Waals surface area contributed by atoms with Crippen molar-refractivity contribution in [3.63, 3.8) is 0 Å². The number of aromatic nitrogens is 1. The van der Waals surface area contributed by atoms with Crippen molar-refractivity contribution < 1.29 is 14.6 Å². The van der Waals surface area contributed by atoms with Gasteiger partial charge in [-0.25, -0.2) is 9.36 Å². The standard InChI is InChI=1S/C14H16BrNO3/c1-14(2,3)19-13(18)16-9(8-17)7-10-11(15)5-4-6-12(10)16/h4-7,17H,8H2,1-3H3. The number of aliphatic hydroxyl groups excluding tert-OH is 1. The van der Waals surface area contributed by atoms with Crippen LogP contribution in [-0.2, 0) is 11.3 Å². The predicted molar refractivity (Wildman–Crippen MR) is 77.2 cm³/mol. The van der Waals surface area contributed by atoms with E-state index >= 15 is 0 Å². The largest absolute Gasteiger partial charge is 0.443 e. The Morgan fingerprint density at radius 1 is 1.42 bits per heavy atom. The van der Waals surface area contributed by atoms with E-state index in [1.54, 1.807) is 6.07 Å². The Labute approximate surface area is 120 Å². The molecule has 0 aliphatic carbocycles. The summed E-state index contributed by atoms with van der Waals surface area (Å²) in [6, 6.07) is 7.34. The number of halogens is 1. The minimum absolute atomic E-state index is 0.222. The lowest BCUT2D eigenvalue weighted by atomic mass is 10.2. The minimum Gasteiger partial charge on any atom is -0.443 e. The van der Waals surface area contributed by atoms with Gasteiger partial charge in [-0.1, -0.05) is 22.0 Å². The molecule has 0 unspecified atom stereocenters. The molecule has 1 aromatic heterocycles. The van der Waals surface area contributed by atoms with Crippen LogP contribution in [0.15, 0.2) is 28.7 Å². The zero-order chi connectivity index (χ0) is 14.2. The van der Waals surface area contributed by atoms with E-state index in [1.807, 2.05) is 39.0 Å². The maximum absolute atomic E-state index is 12.2. The van der Waals surface area contributed by atoms with Crippen LogP contribution in [0.3, 0.4) is 0 Å². The fourth-order valence-corrected chi connectivity index (χ4v) is 2.36. The molecule has 1 N–H and O–H groups in total. The quantitative estimate of drug-likeness (QED) is 0.870. The molecule has 2 aromatic rings. The van der Waals surface area contributed by atoms with Crippen molar-refractivity contribution >= 4 is 32.9 Å². The van der Waals surface area contributed by atoms with Crippen molar-refractivity contribution in [2.45, 2.75) is 33.0 Å². The molecule has 0 saturated heterocycles. The third kappa shape index (κ3) is 2.82. The van der Waals surface area contributed by atoms with Crippen molar-refractivity contribution in [3.05, 3.63) is 34.4 Å². The molecule has 0 radical (unpaired) electrons. The molecule has 0 aliphatic rings. The van der Waals surface area contributed by atoms with Crippen LogP contribution < -0.4 is 0 Å².